The quantitative estimate of drug-likeness (QED) is 0.862. The highest BCUT2D eigenvalue weighted by molar-refractivity contribution is 5.28. The molecule has 0 bridgehead atoms. The van der Waals surface area contributed by atoms with Crippen molar-refractivity contribution in [3.8, 4) is 5.75 Å². The minimum absolute atomic E-state index is 0.131. The van der Waals surface area contributed by atoms with E-state index >= 15 is 0 Å². The summed E-state index contributed by atoms with van der Waals surface area (Å²) in [6, 6.07) is 8.20. The van der Waals surface area contributed by atoms with Crippen LogP contribution in [-0.2, 0) is 6.42 Å². The number of ether oxygens (including phenoxy) is 1. The number of piperidine rings is 1. The number of nitrogens with zero attached hydrogens (tertiary/aromatic N) is 1. The maximum Gasteiger partial charge on any atom is 0.119 e. The van der Waals surface area contributed by atoms with Gasteiger partial charge in [-0.05, 0) is 43.5 Å². The van der Waals surface area contributed by atoms with Crippen molar-refractivity contribution in [2.24, 2.45) is 0 Å². The molecule has 2 rings (SSSR count). The minimum atomic E-state index is -0.131. The summed E-state index contributed by atoms with van der Waals surface area (Å²) in [5.41, 5.74) is 1.30. The van der Waals surface area contributed by atoms with Gasteiger partial charge in [0.25, 0.3) is 0 Å². The van der Waals surface area contributed by atoms with Crippen LogP contribution in [0.1, 0.15) is 18.4 Å². The van der Waals surface area contributed by atoms with E-state index in [4.69, 9.17) is 4.74 Å². The van der Waals surface area contributed by atoms with E-state index in [1.807, 2.05) is 12.1 Å². The number of β-amino-alcohol motifs (C(OH)–C–C–N with tert-alkyl or cyclic N) is 1. The number of methoxy groups -OCH3 is 1. The van der Waals surface area contributed by atoms with E-state index < -0.39 is 0 Å². The van der Waals surface area contributed by atoms with E-state index in [0.717, 1.165) is 44.6 Å². The third-order valence-electron chi connectivity index (χ3n) is 3.33. The summed E-state index contributed by atoms with van der Waals surface area (Å²) in [7, 11) is 1.69. The first-order chi connectivity index (χ1) is 8.28. The molecule has 3 heteroatoms. The zero-order chi connectivity index (χ0) is 12.1. The molecule has 3 nitrogen and oxygen atoms in total. The van der Waals surface area contributed by atoms with Crippen molar-refractivity contribution in [1.82, 2.24) is 4.90 Å². The van der Waals surface area contributed by atoms with Crippen LogP contribution in [0.2, 0.25) is 0 Å². The fourth-order valence-electron chi connectivity index (χ4n) is 2.35. The molecule has 1 aromatic rings. The second-order valence-electron chi connectivity index (χ2n) is 4.70. The van der Waals surface area contributed by atoms with Crippen molar-refractivity contribution >= 4 is 0 Å². The number of hydrogen-bond donors (Lipinski definition) is 1. The molecule has 0 aliphatic carbocycles. The van der Waals surface area contributed by atoms with Crippen LogP contribution in [0.3, 0.4) is 0 Å². The minimum Gasteiger partial charge on any atom is -0.497 e. The molecule has 0 amide bonds. The van der Waals surface area contributed by atoms with Crippen molar-refractivity contribution in [3.05, 3.63) is 29.8 Å². The van der Waals surface area contributed by atoms with Crippen molar-refractivity contribution in [2.75, 3.05) is 26.7 Å². The van der Waals surface area contributed by atoms with Gasteiger partial charge in [0.05, 0.1) is 13.2 Å². The Morgan fingerprint density at radius 3 is 3.12 bits per heavy atom. The van der Waals surface area contributed by atoms with E-state index in [0.29, 0.717) is 0 Å². The van der Waals surface area contributed by atoms with Crippen LogP contribution in [0.5, 0.6) is 5.75 Å². The molecule has 1 N–H and O–H groups in total. The van der Waals surface area contributed by atoms with Gasteiger partial charge in [0.2, 0.25) is 0 Å². The monoisotopic (exact) mass is 235 g/mol. The van der Waals surface area contributed by atoms with Crippen LogP contribution in [0, 0.1) is 0 Å². The predicted octanol–water partition coefficient (Wildman–Crippen LogP) is 1.69. The largest absolute Gasteiger partial charge is 0.497 e. The number of aliphatic hydroxyl groups excluding tert-OH is 1. The Hall–Kier alpha value is -1.06. The molecule has 1 fully saturated rings. The molecule has 1 unspecified atom stereocenters. The predicted molar refractivity (Wildman–Crippen MR) is 68.4 cm³/mol. The van der Waals surface area contributed by atoms with Gasteiger partial charge in [-0.2, -0.15) is 0 Å². The van der Waals surface area contributed by atoms with Gasteiger partial charge in [-0.25, -0.2) is 0 Å². The van der Waals surface area contributed by atoms with Crippen LogP contribution in [-0.4, -0.2) is 42.9 Å². The van der Waals surface area contributed by atoms with Gasteiger partial charge in [-0.1, -0.05) is 12.1 Å². The molecule has 1 aromatic carbocycles. The van der Waals surface area contributed by atoms with Gasteiger partial charge in [0, 0.05) is 13.1 Å². The SMILES string of the molecule is COc1cccc(CCN2CCCC(O)C2)c1. The summed E-state index contributed by atoms with van der Waals surface area (Å²) in [6.45, 7) is 2.95. The average Bonchev–Trinajstić information content (AvgIpc) is 2.37. The Kier molecular flexibility index (Phi) is 4.40. The lowest BCUT2D eigenvalue weighted by Gasteiger charge is -2.29. The molecule has 17 heavy (non-hydrogen) atoms. The zero-order valence-corrected chi connectivity index (χ0v) is 10.4. The first-order valence-electron chi connectivity index (χ1n) is 6.31. The highest BCUT2D eigenvalue weighted by Crippen LogP contribution is 2.15. The number of benzene rings is 1. The standard InChI is InChI=1S/C14H21NO2/c1-17-14-6-2-4-12(10-14)7-9-15-8-3-5-13(16)11-15/h2,4,6,10,13,16H,3,5,7-9,11H2,1H3. The van der Waals surface area contributed by atoms with Crippen LogP contribution in [0.25, 0.3) is 0 Å². The summed E-state index contributed by atoms with van der Waals surface area (Å²) in [6.07, 6.45) is 2.95. The fraction of sp³-hybridized carbons (Fsp3) is 0.571. The Morgan fingerprint density at radius 1 is 1.47 bits per heavy atom. The third kappa shape index (κ3) is 3.72. The second kappa shape index (κ2) is 6.03. The van der Waals surface area contributed by atoms with Crippen molar-refractivity contribution < 1.29 is 9.84 Å². The normalized spacial score (nSPS) is 21.4. The maximum atomic E-state index is 9.60. The summed E-state index contributed by atoms with van der Waals surface area (Å²) >= 11 is 0. The number of aliphatic hydroxyl groups is 1. The Labute approximate surface area is 103 Å². The lowest BCUT2D eigenvalue weighted by molar-refractivity contribution is 0.0714. The maximum absolute atomic E-state index is 9.60. The smallest absolute Gasteiger partial charge is 0.119 e. The van der Waals surface area contributed by atoms with Gasteiger partial charge in [0.1, 0.15) is 5.75 Å². The van der Waals surface area contributed by atoms with Gasteiger partial charge in [-0.15, -0.1) is 0 Å². The molecular formula is C14H21NO2. The molecule has 0 aromatic heterocycles. The van der Waals surface area contributed by atoms with Crippen molar-refractivity contribution in [2.45, 2.75) is 25.4 Å². The van der Waals surface area contributed by atoms with E-state index in [2.05, 4.69) is 17.0 Å². The van der Waals surface area contributed by atoms with E-state index in [1.54, 1.807) is 7.11 Å². The van der Waals surface area contributed by atoms with E-state index in [-0.39, 0.29) is 6.10 Å². The van der Waals surface area contributed by atoms with E-state index in [1.165, 1.54) is 5.56 Å². The van der Waals surface area contributed by atoms with Gasteiger partial charge in [0.15, 0.2) is 0 Å². The molecule has 0 spiro atoms. The first-order valence-corrected chi connectivity index (χ1v) is 6.31. The fourth-order valence-corrected chi connectivity index (χ4v) is 2.35. The molecule has 1 aliphatic heterocycles. The Balaban J connectivity index is 1.84. The third-order valence-corrected chi connectivity index (χ3v) is 3.33. The lowest BCUT2D eigenvalue weighted by Crippen LogP contribution is -2.39. The lowest BCUT2D eigenvalue weighted by atomic mass is 10.1. The van der Waals surface area contributed by atoms with Crippen molar-refractivity contribution in [3.63, 3.8) is 0 Å². The molecular weight excluding hydrogens is 214 g/mol. The summed E-state index contributed by atoms with van der Waals surface area (Å²) in [4.78, 5) is 2.34. The van der Waals surface area contributed by atoms with Crippen molar-refractivity contribution in [1.29, 1.82) is 0 Å². The van der Waals surface area contributed by atoms with Gasteiger partial charge < -0.3 is 14.7 Å². The van der Waals surface area contributed by atoms with Crippen LogP contribution >= 0.6 is 0 Å². The second-order valence-corrected chi connectivity index (χ2v) is 4.70. The molecule has 1 heterocycles. The summed E-state index contributed by atoms with van der Waals surface area (Å²) in [5.74, 6) is 0.918. The molecule has 1 aliphatic rings. The molecule has 0 saturated carbocycles. The van der Waals surface area contributed by atoms with Gasteiger partial charge in [-0.3, -0.25) is 0 Å². The molecule has 1 saturated heterocycles. The first kappa shape index (κ1) is 12.4. The average molecular weight is 235 g/mol. The number of likely N-dealkylation sites (tertiary alicyclic amines) is 1. The van der Waals surface area contributed by atoms with Gasteiger partial charge >= 0.3 is 0 Å². The molecule has 1 atom stereocenters. The van der Waals surface area contributed by atoms with E-state index in [9.17, 15) is 5.11 Å². The Morgan fingerprint density at radius 2 is 2.35 bits per heavy atom. The number of hydrogen-bond acceptors (Lipinski definition) is 3. The Bertz CT molecular complexity index is 354. The van der Waals surface area contributed by atoms with Crippen LogP contribution in [0.4, 0.5) is 0 Å². The molecule has 94 valence electrons. The highest BCUT2D eigenvalue weighted by Gasteiger charge is 2.16. The zero-order valence-electron chi connectivity index (χ0n) is 10.4. The highest BCUT2D eigenvalue weighted by atomic mass is 16.5. The summed E-state index contributed by atoms with van der Waals surface area (Å²) < 4.78 is 5.21. The number of rotatable bonds is 4. The van der Waals surface area contributed by atoms with Crippen LogP contribution < -0.4 is 4.74 Å². The topological polar surface area (TPSA) is 32.7 Å². The van der Waals surface area contributed by atoms with Crippen LogP contribution in [0.15, 0.2) is 24.3 Å². The molecule has 0 radical (unpaired) electrons. The summed E-state index contributed by atoms with van der Waals surface area (Å²) in [5, 5.41) is 9.60.